The largest absolute Gasteiger partial charge is 0.338 e. The first-order chi connectivity index (χ1) is 8.31. The number of hydrogen-bond donors (Lipinski definition) is 1. The third-order valence-electron chi connectivity index (χ3n) is 4.17. The molecule has 0 bridgehead atoms. The SMILES string of the molecule is O=C(NCCCCl)N1CCC2CCCCC2C1. The van der Waals surface area contributed by atoms with Crippen molar-refractivity contribution in [2.45, 2.75) is 38.5 Å². The Bertz CT molecular complexity index is 260. The van der Waals surface area contributed by atoms with Gasteiger partial charge in [-0.15, -0.1) is 11.6 Å². The second kappa shape index (κ2) is 6.48. The summed E-state index contributed by atoms with van der Waals surface area (Å²) in [7, 11) is 0. The monoisotopic (exact) mass is 258 g/mol. The number of amides is 2. The Morgan fingerprint density at radius 2 is 2.00 bits per heavy atom. The van der Waals surface area contributed by atoms with Crippen LogP contribution < -0.4 is 5.32 Å². The van der Waals surface area contributed by atoms with Crippen molar-refractivity contribution in [1.29, 1.82) is 0 Å². The first kappa shape index (κ1) is 13.0. The molecule has 2 rings (SSSR count). The topological polar surface area (TPSA) is 32.3 Å². The number of carbonyl (C=O) groups is 1. The Morgan fingerprint density at radius 1 is 1.24 bits per heavy atom. The zero-order valence-electron chi connectivity index (χ0n) is 10.5. The summed E-state index contributed by atoms with van der Waals surface area (Å²) in [6.45, 7) is 2.61. The maximum Gasteiger partial charge on any atom is 0.317 e. The van der Waals surface area contributed by atoms with Crippen LogP contribution in [0.4, 0.5) is 4.79 Å². The molecule has 1 aliphatic heterocycles. The minimum atomic E-state index is 0.110. The van der Waals surface area contributed by atoms with E-state index in [-0.39, 0.29) is 6.03 Å². The highest BCUT2D eigenvalue weighted by molar-refractivity contribution is 6.17. The van der Waals surface area contributed by atoms with Crippen LogP contribution in [0.5, 0.6) is 0 Å². The van der Waals surface area contributed by atoms with E-state index in [9.17, 15) is 4.79 Å². The van der Waals surface area contributed by atoms with E-state index in [1.807, 2.05) is 4.90 Å². The zero-order chi connectivity index (χ0) is 12.1. The second-order valence-electron chi connectivity index (χ2n) is 5.31. The van der Waals surface area contributed by atoms with Crippen molar-refractivity contribution in [1.82, 2.24) is 10.2 Å². The van der Waals surface area contributed by atoms with Gasteiger partial charge in [-0.2, -0.15) is 0 Å². The van der Waals surface area contributed by atoms with Crippen molar-refractivity contribution in [3.63, 3.8) is 0 Å². The van der Waals surface area contributed by atoms with Crippen molar-refractivity contribution < 1.29 is 4.79 Å². The van der Waals surface area contributed by atoms with Gasteiger partial charge < -0.3 is 10.2 Å². The summed E-state index contributed by atoms with van der Waals surface area (Å²) in [6, 6.07) is 0.110. The number of urea groups is 1. The molecule has 0 aromatic carbocycles. The Hall–Kier alpha value is -0.440. The molecule has 2 aliphatic rings. The van der Waals surface area contributed by atoms with Crippen molar-refractivity contribution in [3.05, 3.63) is 0 Å². The molecule has 0 aromatic heterocycles. The van der Waals surface area contributed by atoms with Crippen LogP contribution in [-0.2, 0) is 0 Å². The van der Waals surface area contributed by atoms with Crippen molar-refractivity contribution in [2.24, 2.45) is 11.8 Å². The predicted molar refractivity (Wildman–Crippen MR) is 70.4 cm³/mol. The molecule has 0 aromatic rings. The molecule has 1 saturated carbocycles. The van der Waals surface area contributed by atoms with E-state index in [1.54, 1.807) is 0 Å². The van der Waals surface area contributed by atoms with Gasteiger partial charge in [0.1, 0.15) is 0 Å². The number of halogens is 1. The Morgan fingerprint density at radius 3 is 2.76 bits per heavy atom. The van der Waals surface area contributed by atoms with Gasteiger partial charge in [0.05, 0.1) is 0 Å². The van der Waals surface area contributed by atoms with Crippen LogP contribution in [0.2, 0.25) is 0 Å². The lowest BCUT2D eigenvalue weighted by Gasteiger charge is -2.41. The van der Waals surface area contributed by atoms with Crippen LogP contribution in [-0.4, -0.2) is 36.4 Å². The van der Waals surface area contributed by atoms with Gasteiger partial charge in [-0.3, -0.25) is 0 Å². The molecular weight excluding hydrogens is 236 g/mol. The summed E-state index contributed by atoms with van der Waals surface area (Å²) in [6.07, 6.45) is 7.50. The fraction of sp³-hybridized carbons (Fsp3) is 0.923. The third-order valence-corrected chi connectivity index (χ3v) is 4.43. The lowest BCUT2D eigenvalue weighted by Crippen LogP contribution is -2.48. The van der Waals surface area contributed by atoms with Crippen molar-refractivity contribution >= 4 is 17.6 Å². The summed E-state index contributed by atoms with van der Waals surface area (Å²) in [5.41, 5.74) is 0. The maximum absolute atomic E-state index is 11.9. The molecule has 2 fully saturated rings. The van der Waals surface area contributed by atoms with E-state index in [2.05, 4.69) is 5.32 Å². The van der Waals surface area contributed by atoms with E-state index in [4.69, 9.17) is 11.6 Å². The molecule has 0 spiro atoms. The van der Waals surface area contributed by atoms with Gasteiger partial charge >= 0.3 is 6.03 Å². The standard InChI is InChI=1S/C13H23ClN2O/c14-7-3-8-15-13(17)16-9-6-11-4-1-2-5-12(11)10-16/h11-12H,1-10H2,(H,15,17). The van der Waals surface area contributed by atoms with Crippen LogP contribution in [0.15, 0.2) is 0 Å². The highest BCUT2D eigenvalue weighted by Gasteiger charge is 2.32. The van der Waals surface area contributed by atoms with Gasteiger partial charge in [0.15, 0.2) is 0 Å². The van der Waals surface area contributed by atoms with Gasteiger partial charge in [-0.25, -0.2) is 4.79 Å². The fourth-order valence-corrected chi connectivity index (χ4v) is 3.29. The molecule has 17 heavy (non-hydrogen) atoms. The molecule has 2 unspecified atom stereocenters. The van der Waals surface area contributed by atoms with Crippen LogP contribution in [0.3, 0.4) is 0 Å². The van der Waals surface area contributed by atoms with E-state index >= 15 is 0 Å². The van der Waals surface area contributed by atoms with Gasteiger partial charge in [0.2, 0.25) is 0 Å². The molecule has 1 aliphatic carbocycles. The quantitative estimate of drug-likeness (QED) is 0.613. The first-order valence-electron chi connectivity index (χ1n) is 6.90. The lowest BCUT2D eigenvalue weighted by molar-refractivity contribution is 0.102. The lowest BCUT2D eigenvalue weighted by atomic mass is 9.75. The van der Waals surface area contributed by atoms with Gasteiger partial charge in [0.25, 0.3) is 0 Å². The van der Waals surface area contributed by atoms with E-state index < -0.39 is 0 Å². The fourth-order valence-electron chi connectivity index (χ4n) is 3.16. The highest BCUT2D eigenvalue weighted by Crippen LogP contribution is 2.35. The van der Waals surface area contributed by atoms with E-state index in [1.165, 1.54) is 32.1 Å². The molecule has 4 heteroatoms. The minimum Gasteiger partial charge on any atom is -0.338 e. The number of likely N-dealkylation sites (tertiary alicyclic amines) is 1. The first-order valence-corrected chi connectivity index (χ1v) is 7.43. The van der Waals surface area contributed by atoms with E-state index in [0.29, 0.717) is 12.4 Å². The molecule has 1 saturated heterocycles. The summed E-state index contributed by atoms with van der Waals surface area (Å²) in [5, 5.41) is 2.95. The number of hydrogen-bond acceptors (Lipinski definition) is 1. The smallest absolute Gasteiger partial charge is 0.317 e. The summed E-state index contributed by atoms with van der Waals surface area (Å²) < 4.78 is 0. The van der Waals surface area contributed by atoms with Crippen molar-refractivity contribution in [3.8, 4) is 0 Å². The maximum atomic E-state index is 11.9. The number of alkyl halides is 1. The number of fused-ring (bicyclic) bond motifs is 1. The van der Waals surface area contributed by atoms with Crippen molar-refractivity contribution in [2.75, 3.05) is 25.5 Å². The molecule has 0 radical (unpaired) electrons. The average molecular weight is 259 g/mol. The molecule has 98 valence electrons. The normalized spacial score (nSPS) is 28.6. The number of nitrogens with one attached hydrogen (secondary N) is 1. The van der Waals surface area contributed by atoms with Gasteiger partial charge in [-0.05, 0) is 31.1 Å². The minimum absolute atomic E-state index is 0.110. The second-order valence-corrected chi connectivity index (χ2v) is 5.69. The number of piperidine rings is 1. The molecule has 2 atom stereocenters. The van der Waals surface area contributed by atoms with Crippen LogP contribution in [0.25, 0.3) is 0 Å². The van der Waals surface area contributed by atoms with Crippen LogP contribution in [0, 0.1) is 11.8 Å². The third kappa shape index (κ3) is 3.51. The summed E-state index contributed by atoms with van der Waals surface area (Å²) in [5.74, 6) is 2.26. The van der Waals surface area contributed by atoms with Gasteiger partial charge in [0, 0.05) is 25.5 Å². The Balaban J connectivity index is 1.76. The Labute approximate surface area is 109 Å². The van der Waals surface area contributed by atoms with Gasteiger partial charge in [-0.1, -0.05) is 19.3 Å². The average Bonchev–Trinajstić information content (AvgIpc) is 2.38. The predicted octanol–water partition coefficient (Wildman–Crippen LogP) is 2.84. The molecule has 1 heterocycles. The molecule has 1 N–H and O–H groups in total. The molecule has 2 amide bonds. The number of rotatable bonds is 3. The summed E-state index contributed by atoms with van der Waals surface area (Å²) in [4.78, 5) is 13.9. The Kier molecular flexibility index (Phi) is 4.96. The molecular formula is C13H23ClN2O. The number of nitrogens with zero attached hydrogens (tertiary/aromatic N) is 1. The van der Waals surface area contributed by atoms with E-state index in [0.717, 1.165) is 31.3 Å². The van der Waals surface area contributed by atoms with Crippen LogP contribution >= 0.6 is 11.6 Å². The highest BCUT2D eigenvalue weighted by atomic mass is 35.5. The zero-order valence-corrected chi connectivity index (χ0v) is 11.2. The van der Waals surface area contributed by atoms with Crippen LogP contribution in [0.1, 0.15) is 38.5 Å². The number of carbonyl (C=O) groups excluding carboxylic acids is 1. The summed E-state index contributed by atoms with van der Waals surface area (Å²) >= 11 is 5.60. The molecule has 3 nitrogen and oxygen atoms in total.